The number of carbonyl (C=O) groups is 1. The minimum atomic E-state index is -1.16. The van der Waals surface area contributed by atoms with Crippen LogP contribution in [-0.4, -0.2) is 34.0 Å². The smallest absolute Gasteiger partial charge is 0.355 e. The van der Waals surface area contributed by atoms with E-state index in [4.69, 9.17) is 16.4 Å². The first kappa shape index (κ1) is 12.1. The fourth-order valence-electron chi connectivity index (χ4n) is 1.24. The number of aromatic carboxylic acids is 1. The van der Waals surface area contributed by atoms with Gasteiger partial charge in [0.05, 0.1) is 5.56 Å². The summed E-state index contributed by atoms with van der Waals surface area (Å²) in [5.74, 6) is 4.16. The third kappa shape index (κ3) is 2.34. The van der Waals surface area contributed by atoms with Gasteiger partial charge in [-0.3, -0.25) is 10.4 Å². The van der Waals surface area contributed by atoms with Crippen LogP contribution in [0.4, 0.5) is 0 Å². The van der Waals surface area contributed by atoms with Crippen molar-refractivity contribution in [2.75, 3.05) is 7.05 Å². The summed E-state index contributed by atoms with van der Waals surface area (Å²) in [7, 11) is 1.47. The second-order valence-electron chi connectivity index (χ2n) is 3.32. The van der Waals surface area contributed by atoms with Crippen molar-refractivity contribution in [3.05, 3.63) is 29.1 Å². The second kappa shape index (κ2) is 4.71. The number of rotatable bonds is 3. The van der Waals surface area contributed by atoms with Crippen LogP contribution in [0.2, 0.25) is 0 Å². The summed E-state index contributed by atoms with van der Waals surface area (Å²) in [6, 6.07) is 3.25. The van der Waals surface area contributed by atoms with Crippen molar-refractivity contribution in [3.8, 4) is 0 Å². The lowest BCUT2D eigenvalue weighted by atomic mass is 10.1. The molecule has 0 spiro atoms. The van der Waals surface area contributed by atoms with Crippen molar-refractivity contribution in [1.29, 1.82) is 5.41 Å². The van der Waals surface area contributed by atoms with Gasteiger partial charge in [0.15, 0.2) is 5.69 Å². The van der Waals surface area contributed by atoms with E-state index in [0.717, 1.165) is 5.01 Å². The molecular formula is C10H14N4O2. The molecule has 0 atom stereocenters. The Morgan fingerprint density at radius 1 is 1.62 bits per heavy atom. The summed E-state index contributed by atoms with van der Waals surface area (Å²) in [5, 5.41) is 17.7. The quantitative estimate of drug-likeness (QED) is 0.298. The normalized spacial score (nSPS) is 9.94. The Bertz CT molecular complexity index is 429. The summed E-state index contributed by atoms with van der Waals surface area (Å²) in [4.78, 5) is 15.0. The topological polar surface area (TPSA) is 103 Å². The van der Waals surface area contributed by atoms with Crippen LogP contribution in [0.1, 0.15) is 28.7 Å². The minimum absolute atomic E-state index is 0.0763. The highest BCUT2D eigenvalue weighted by atomic mass is 16.4. The predicted octanol–water partition coefficient (Wildman–Crippen LogP) is 0.473. The average molecular weight is 222 g/mol. The Morgan fingerprint density at radius 3 is 2.69 bits per heavy atom. The number of carboxylic acids is 1. The highest BCUT2D eigenvalue weighted by molar-refractivity contribution is 6.04. The van der Waals surface area contributed by atoms with Gasteiger partial charge in [-0.15, -0.1) is 0 Å². The largest absolute Gasteiger partial charge is 0.476 e. The molecule has 0 radical (unpaired) electrons. The summed E-state index contributed by atoms with van der Waals surface area (Å²) in [6.07, 6.45) is 0.645. The molecule has 0 saturated heterocycles. The van der Waals surface area contributed by atoms with Gasteiger partial charge in [-0.1, -0.05) is 6.92 Å². The maximum Gasteiger partial charge on any atom is 0.355 e. The van der Waals surface area contributed by atoms with Crippen molar-refractivity contribution in [2.45, 2.75) is 13.3 Å². The van der Waals surface area contributed by atoms with E-state index in [1.165, 1.54) is 7.05 Å². The molecule has 6 nitrogen and oxygen atoms in total. The van der Waals surface area contributed by atoms with Crippen molar-refractivity contribution in [2.24, 2.45) is 5.84 Å². The molecule has 4 N–H and O–H groups in total. The molecule has 1 heterocycles. The molecule has 0 unspecified atom stereocenters. The number of hydrazine groups is 1. The van der Waals surface area contributed by atoms with E-state index >= 15 is 0 Å². The molecule has 0 aliphatic rings. The number of pyridine rings is 1. The molecular weight excluding hydrogens is 208 g/mol. The van der Waals surface area contributed by atoms with Crippen LogP contribution < -0.4 is 5.84 Å². The molecule has 0 bridgehead atoms. The van der Waals surface area contributed by atoms with Gasteiger partial charge in [0.2, 0.25) is 0 Å². The van der Waals surface area contributed by atoms with Crippen molar-refractivity contribution in [1.82, 2.24) is 9.99 Å². The number of carboxylic acid groups (broad SMARTS) is 1. The van der Waals surface area contributed by atoms with Gasteiger partial charge >= 0.3 is 5.97 Å². The van der Waals surface area contributed by atoms with Gasteiger partial charge in [0, 0.05) is 12.7 Å². The van der Waals surface area contributed by atoms with E-state index in [0.29, 0.717) is 12.1 Å². The van der Waals surface area contributed by atoms with Crippen LogP contribution in [0.15, 0.2) is 12.1 Å². The summed E-state index contributed by atoms with van der Waals surface area (Å²) >= 11 is 0. The molecule has 1 rings (SSSR count). The van der Waals surface area contributed by atoms with Crippen LogP contribution in [0.3, 0.4) is 0 Å². The number of aryl methyl sites for hydroxylation is 1. The average Bonchev–Trinajstić information content (AvgIpc) is 2.26. The number of nitrogens with two attached hydrogens (primary N) is 1. The van der Waals surface area contributed by atoms with Crippen LogP contribution in [-0.2, 0) is 6.42 Å². The fourth-order valence-corrected chi connectivity index (χ4v) is 1.24. The molecule has 0 aliphatic carbocycles. The first-order valence-electron chi connectivity index (χ1n) is 4.78. The van der Waals surface area contributed by atoms with Crippen molar-refractivity contribution >= 4 is 11.8 Å². The van der Waals surface area contributed by atoms with E-state index in [1.54, 1.807) is 12.1 Å². The van der Waals surface area contributed by atoms with Gasteiger partial charge in [-0.05, 0) is 18.6 Å². The van der Waals surface area contributed by atoms with Gasteiger partial charge < -0.3 is 5.11 Å². The zero-order chi connectivity index (χ0) is 12.3. The standard InChI is InChI=1S/C10H14N4O2/c1-3-6-4-5-7(9(11)14(2)12)8(13-6)10(15)16/h4-5,11H,3,12H2,1-2H3,(H,15,16). The number of amidine groups is 1. The monoisotopic (exact) mass is 222 g/mol. The van der Waals surface area contributed by atoms with Gasteiger partial charge in [0.25, 0.3) is 0 Å². The Balaban J connectivity index is 3.28. The van der Waals surface area contributed by atoms with Crippen molar-refractivity contribution < 1.29 is 9.90 Å². The molecule has 1 aromatic rings. The van der Waals surface area contributed by atoms with Gasteiger partial charge in [0.1, 0.15) is 5.84 Å². The lowest BCUT2D eigenvalue weighted by molar-refractivity contribution is 0.0690. The minimum Gasteiger partial charge on any atom is -0.476 e. The molecule has 6 heteroatoms. The molecule has 0 saturated carbocycles. The van der Waals surface area contributed by atoms with Crippen LogP contribution >= 0.6 is 0 Å². The lowest BCUT2D eigenvalue weighted by Gasteiger charge is -2.15. The van der Waals surface area contributed by atoms with E-state index in [2.05, 4.69) is 4.98 Å². The van der Waals surface area contributed by atoms with Gasteiger partial charge in [-0.2, -0.15) is 0 Å². The van der Waals surface area contributed by atoms with E-state index < -0.39 is 5.97 Å². The van der Waals surface area contributed by atoms with Gasteiger partial charge in [-0.25, -0.2) is 15.6 Å². The summed E-state index contributed by atoms with van der Waals surface area (Å²) in [6.45, 7) is 1.88. The van der Waals surface area contributed by atoms with Crippen LogP contribution in [0.25, 0.3) is 0 Å². The van der Waals surface area contributed by atoms with Crippen molar-refractivity contribution in [3.63, 3.8) is 0 Å². The number of nitrogens with zero attached hydrogens (tertiary/aromatic N) is 2. The molecule has 16 heavy (non-hydrogen) atoms. The molecule has 0 aromatic carbocycles. The molecule has 0 aliphatic heterocycles. The summed E-state index contributed by atoms with van der Waals surface area (Å²) in [5.41, 5.74) is 0.755. The molecule has 0 amide bonds. The highest BCUT2D eigenvalue weighted by Gasteiger charge is 2.17. The zero-order valence-corrected chi connectivity index (χ0v) is 9.19. The maximum absolute atomic E-state index is 11.0. The lowest BCUT2D eigenvalue weighted by Crippen LogP contribution is -2.34. The maximum atomic E-state index is 11.0. The van der Waals surface area contributed by atoms with E-state index in [-0.39, 0.29) is 17.1 Å². The fraction of sp³-hybridized carbons (Fsp3) is 0.300. The first-order valence-corrected chi connectivity index (χ1v) is 4.78. The Labute approximate surface area is 93.2 Å². The Hall–Kier alpha value is -1.95. The summed E-state index contributed by atoms with van der Waals surface area (Å²) < 4.78 is 0. The Kier molecular flexibility index (Phi) is 3.57. The second-order valence-corrected chi connectivity index (χ2v) is 3.32. The molecule has 1 aromatic heterocycles. The molecule has 0 fully saturated rings. The third-order valence-electron chi connectivity index (χ3n) is 2.13. The first-order chi connectivity index (χ1) is 7.47. The molecule has 86 valence electrons. The SMILES string of the molecule is CCc1ccc(C(=N)N(C)N)c(C(=O)O)n1. The number of nitrogens with one attached hydrogen (secondary N) is 1. The Morgan fingerprint density at radius 2 is 2.25 bits per heavy atom. The van der Waals surface area contributed by atoms with E-state index in [1.807, 2.05) is 6.92 Å². The van der Waals surface area contributed by atoms with Crippen LogP contribution in [0.5, 0.6) is 0 Å². The van der Waals surface area contributed by atoms with Crippen LogP contribution in [0, 0.1) is 5.41 Å². The number of hydrogen-bond acceptors (Lipinski definition) is 4. The predicted molar refractivity (Wildman–Crippen MR) is 59.4 cm³/mol. The zero-order valence-electron chi connectivity index (χ0n) is 9.19. The number of hydrogen-bond donors (Lipinski definition) is 3. The number of aromatic nitrogens is 1. The van der Waals surface area contributed by atoms with E-state index in [9.17, 15) is 4.79 Å². The highest BCUT2D eigenvalue weighted by Crippen LogP contribution is 2.10. The third-order valence-corrected chi connectivity index (χ3v) is 2.13.